The maximum atomic E-state index is 5.68. The first-order chi connectivity index (χ1) is 12.5. The Labute approximate surface area is 168 Å². The van der Waals surface area contributed by atoms with Crippen molar-refractivity contribution in [2.45, 2.75) is 26.3 Å². The maximum absolute atomic E-state index is 5.68. The van der Waals surface area contributed by atoms with E-state index < -0.39 is 0 Å². The molecule has 1 aromatic heterocycles. The molecule has 134 valence electrons. The summed E-state index contributed by atoms with van der Waals surface area (Å²) in [5.41, 5.74) is 4.36. The monoisotopic (exact) mass is 446 g/mol. The van der Waals surface area contributed by atoms with Gasteiger partial charge in [0.05, 0.1) is 22.7 Å². The molecular formula is C20H19BrN2OS2. The highest BCUT2D eigenvalue weighted by atomic mass is 79.9. The third-order valence-electron chi connectivity index (χ3n) is 4.29. The molecule has 0 bridgehead atoms. The van der Waals surface area contributed by atoms with Crippen LogP contribution in [0.3, 0.4) is 0 Å². The third kappa shape index (κ3) is 3.21. The topological polar surface area (TPSA) is 33.6 Å². The Bertz CT molecular complexity index is 1020. The van der Waals surface area contributed by atoms with Crippen LogP contribution in [0.5, 0.6) is 5.75 Å². The molecule has 0 saturated carbocycles. The molecule has 1 aliphatic rings. The van der Waals surface area contributed by atoms with Crippen molar-refractivity contribution < 1.29 is 4.74 Å². The molecule has 26 heavy (non-hydrogen) atoms. The van der Waals surface area contributed by atoms with Crippen molar-refractivity contribution in [3.05, 3.63) is 56.5 Å². The molecule has 1 aliphatic heterocycles. The first-order valence-electron chi connectivity index (χ1n) is 8.47. The number of nitrogens with zero attached hydrogens (tertiary/aromatic N) is 1. The summed E-state index contributed by atoms with van der Waals surface area (Å²) in [6.45, 7) is 7.10. The van der Waals surface area contributed by atoms with Gasteiger partial charge in [-0.05, 0) is 57.2 Å². The molecule has 2 heterocycles. The van der Waals surface area contributed by atoms with Gasteiger partial charge < -0.3 is 10.1 Å². The zero-order valence-electron chi connectivity index (χ0n) is 14.8. The van der Waals surface area contributed by atoms with Crippen LogP contribution in [0.1, 0.15) is 25.6 Å². The van der Waals surface area contributed by atoms with Crippen molar-refractivity contribution >= 4 is 48.0 Å². The van der Waals surface area contributed by atoms with Crippen LogP contribution >= 0.6 is 36.6 Å². The Hall–Kier alpha value is -1.63. The number of hydrogen-bond acceptors (Lipinski definition) is 5. The molecule has 0 unspecified atom stereocenters. The van der Waals surface area contributed by atoms with Crippen LogP contribution in [-0.2, 0) is 5.54 Å². The van der Waals surface area contributed by atoms with Gasteiger partial charge in [0.2, 0.25) is 0 Å². The number of hydrogen-bond donors (Lipinski definition) is 1. The summed E-state index contributed by atoms with van der Waals surface area (Å²) in [6, 6.07) is 14.4. The molecule has 2 aromatic carbocycles. The molecule has 0 saturated heterocycles. The first kappa shape index (κ1) is 17.8. The van der Waals surface area contributed by atoms with Crippen LogP contribution in [0, 0.1) is 0 Å². The fourth-order valence-electron chi connectivity index (χ4n) is 3.12. The number of fused-ring (bicyclic) bond motifs is 3. The highest BCUT2D eigenvalue weighted by molar-refractivity contribution is 9.10. The molecule has 0 atom stereocenters. The minimum Gasteiger partial charge on any atom is -0.494 e. The second kappa shape index (κ2) is 6.83. The van der Waals surface area contributed by atoms with E-state index in [4.69, 9.17) is 9.73 Å². The number of nitrogens with one attached hydrogen (secondary N) is 1. The van der Waals surface area contributed by atoms with E-state index in [1.807, 2.05) is 37.3 Å². The van der Waals surface area contributed by atoms with Crippen molar-refractivity contribution in [3.8, 4) is 16.9 Å². The lowest BCUT2D eigenvalue weighted by atomic mass is 9.90. The molecule has 6 heteroatoms. The molecule has 3 nitrogen and oxygen atoms in total. The molecule has 0 spiro atoms. The van der Waals surface area contributed by atoms with Crippen LogP contribution in [0.25, 0.3) is 11.1 Å². The van der Waals surface area contributed by atoms with Crippen molar-refractivity contribution in [3.63, 3.8) is 0 Å². The number of rotatable bonds is 3. The summed E-state index contributed by atoms with van der Waals surface area (Å²) in [4.78, 5) is 6.26. The molecule has 1 N–H and O–H groups in total. The fraction of sp³-hybridized carbons (Fsp3) is 0.250. The molecule has 0 fully saturated rings. The maximum Gasteiger partial charge on any atom is 0.135 e. The summed E-state index contributed by atoms with van der Waals surface area (Å²) in [5, 5.41) is 3.67. The van der Waals surface area contributed by atoms with E-state index in [1.165, 1.54) is 16.0 Å². The zero-order valence-corrected chi connectivity index (χ0v) is 18.0. The largest absolute Gasteiger partial charge is 0.494 e. The summed E-state index contributed by atoms with van der Waals surface area (Å²) in [6.07, 6.45) is 0. The summed E-state index contributed by atoms with van der Waals surface area (Å²) < 4.78 is 7.81. The highest BCUT2D eigenvalue weighted by Crippen LogP contribution is 2.46. The average molecular weight is 447 g/mol. The van der Waals surface area contributed by atoms with Crippen LogP contribution < -0.4 is 14.7 Å². The van der Waals surface area contributed by atoms with E-state index in [0.717, 1.165) is 26.3 Å². The zero-order chi connectivity index (χ0) is 18.3. The van der Waals surface area contributed by atoms with Gasteiger partial charge in [0.25, 0.3) is 0 Å². The summed E-state index contributed by atoms with van der Waals surface area (Å²) in [5.74, 6) is 0.892. The second-order valence-electron chi connectivity index (χ2n) is 6.65. The van der Waals surface area contributed by atoms with E-state index in [2.05, 4.69) is 47.2 Å². The first-order valence-corrected chi connectivity index (χ1v) is 11.4. The Kier molecular flexibility index (Phi) is 4.67. The normalized spacial score (nSPS) is 15.2. The Morgan fingerprint density at radius 3 is 2.62 bits per heavy atom. The predicted molar refractivity (Wildman–Crippen MR) is 115 cm³/mol. The molecule has 0 amide bonds. The quantitative estimate of drug-likeness (QED) is 0.463. The molecule has 3 aromatic rings. The fourth-order valence-corrected chi connectivity index (χ4v) is 6.32. The lowest BCUT2D eigenvalue weighted by Gasteiger charge is -2.33. The van der Waals surface area contributed by atoms with Crippen molar-refractivity contribution in [2.24, 2.45) is 4.99 Å². The van der Waals surface area contributed by atoms with E-state index in [-0.39, 0.29) is 5.54 Å². The van der Waals surface area contributed by atoms with Gasteiger partial charge in [-0.1, -0.05) is 36.6 Å². The minimum absolute atomic E-state index is 0.137. The lowest BCUT2D eigenvalue weighted by molar-refractivity contribution is 0.340. The number of ether oxygens (including phenoxy) is 1. The predicted octanol–water partition coefficient (Wildman–Crippen LogP) is 6.53. The molecule has 0 aliphatic carbocycles. The number of anilines is 1. The summed E-state index contributed by atoms with van der Waals surface area (Å²) in [7, 11) is 3.54. The van der Waals surface area contributed by atoms with E-state index >= 15 is 0 Å². The Morgan fingerprint density at radius 2 is 1.88 bits per heavy atom. The number of halogens is 1. The van der Waals surface area contributed by atoms with Crippen LogP contribution in [0.4, 0.5) is 11.4 Å². The third-order valence-corrected chi connectivity index (χ3v) is 7.46. The van der Waals surface area contributed by atoms with Gasteiger partial charge >= 0.3 is 0 Å². The van der Waals surface area contributed by atoms with E-state index in [9.17, 15) is 0 Å². The van der Waals surface area contributed by atoms with Gasteiger partial charge in [-0.3, -0.25) is 0 Å². The second-order valence-corrected chi connectivity index (χ2v) is 9.70. The van der Waals surface area contributed by atoms with Gasteiger partial charge in [0.1, 0.15) is 10.4 Å². The van der Waals surface area contributed by atoms with Crippen LogP contribution in [0.15, 0.2) is 51.9 Å². The SMILES string of the molecule is CCOc1ccc2c(c1)NC(C)(C)c1ssc(=Nc3ccc(Br)cc3)c1-2. The molecule has 0 radical (unpaired) electrons. The summed E-state index contributed by atoms with van der Waals surface area (Å²) >= 11 is 3.48. The van der Waals surface area contributed by atoms with Gasteiger partial charge in [-0.2, -0.15) is 0 Å². The Balaban J connectivity index is 1.90. The standard InChI is InChI=1S/C20H19BrN2OS2/c1-4-24-14-9-10-15-16(11-14)23-20(2,3)18-17(15)19(26-25-18)22-13-7-5-12(21)6-8-13/h5-11,23H,4H2,1-3H3. The lowest BCUT2D eigenvalue weighted by Crippen LogP contribution is -2.31. The molecule has 4 rings (SSSR count). The Morgan fingerprint density at radius 1 is 1.12 bits per heavy atom. The molecular weight excluding hydrogens is 428 g/mol. The van der Waals surface area contributed by atoms with Crippen LogP contribution in [0.2, 0.25) is 0 Å². The van der Waals surface area contributed by atoms with Gasteiger partial charge in [-0.25, -0.2) is 4.99 Å². The highest BCUT2D eigenvalue weighted by Gasteiger charge is 2.33. The smallest absolute Gasteiger partial charge is 0.135 e. The minimum atomic E-state index is -0.137. The van der Waals surface area contributed by atoms with Crippen molar-refractivity contribution in [1.29, 1.82) is 0 Å². The van der Waals surface area contributed by atoms with Crippen molar-refractivity contribution in [1.82, 2.24) is 0 Å². The number of benzene rings is 2. The van der Waals surface area contributed by atoms with Gasteiger partial charge in [-0.15, -0.1) is 0 Å². The van der Waals surface area contributed by atoms with E-state index in [1.54, 1.807) is 20.7 Å². The van der Waals surface area contributed by atoms with E-state index in [0.29, 0.717) is 6.61 Å². The van der Waals surface area contributed by atoms with Gasteiger partial charge in [0.15, 0.2) is 0 Å². The van der Waals surface area contributed by atoms with Crippen molar-refractivity contribution in [2.75, 3.05) is 11.9 Å². The van der Waals surface area contributed by atoms with Crippen LogP contribution in [-0.4, -0.2) is 6.61 Å². The van der Waals surface area contributed by atoms with Gasteiger partial charge in [0, 0.05) is 27.4 Å². The average Bonchev–Trinajstić information content (AvgIpc) is 3.02.